The number of nitro groups is 1. The van der Waals surface area contributed by atoms with Gasteiger partial charge in [-0.2, -0.15) is 0 Å². The maximum atomic E-state index is 13.1. The Morgan fingerprint density at radius 3 is 2.59 bits per heavy atom. The first-order valence-electron chi connectivity index (χ1n) is 13.5. The topological polar surface area (TPSA) is 119 Å². The van der Waals surface area contributed by atoms with Crippen LogP contribution in [0.1, 0.15) is 29.8 Å². The van der Waals surface area contributed by atoms with Crippen molar-refractivity contribution in [3.63, 3.8) is 0 Å². The van der Waals surface area contributed by atoms with Crippen molar-refractivity contribution in [3.05, 3.63) is 70.0 Å². The first-order chi connectivity index (χ1) is 19.5. The summed E-state index contributed by atoms with van der Waals surface area (Å²) in [7, 11) is 7.70. The zero-order valence-electron chi connectivity index (χ0n) is 24.6. The van der Waals surface area contributed by atoms with Gasteiger partial charge in [0.15, 0.2) is 0 Å². The van der Waals surface area contributed by atoms with Crippen LogP contribution in [0.5, 0.6) is 0 Å². The van der Waals surface area contributed by atoms with E-state index >= 15 is 0 Å². The van der Waals surface area contributed by atoms with Crippen LogP contribution in [0, 0.1) is 23.0 Å². The fraction of sp³-hybridized carbons (Fsp3) is 0.367. The number of aromatic nitrogens is 3. The van der Waals surface area contributed by atoms with Gasteiger partial charge in [0.05, 0.1) is 22.9 Å². The molecule has 41 heavy (non-hydrogen) atoms. The van der Waals surface area contributed by atoms with Gasteiger partial charge in [-0.25, -0.2) is 14.8 Å². The van der Waals surface area contributed by atoms with Gasteiger partial charge in [-0.15, -0.1) is 0 Å². The number of nitrogens with zero attached hydrogens (tertiary/aromatic N) is 6. The van der Waals surface area contributed by atoms with E-state index in [1.165, 1.54) is 12.3 Å². The third-order valence-electron chi connectivity index (χ3n) is 6.77. The van der Waals surface area contributed by atoms with Crippen LogP contribution in [0.2, 0.25) is 0 Å². The predicted octanol–water partition coefficient (Wildman–Crippen LogP) is 5.41. The van der Waals surface area contributed by atoms with Gasteiger partial charge >= 0.3 is 5.97 Å². The molecule has 0 bridgehead atoms. The van der Waals surface area contributed by atoms with Gasteiger partial charge in [-0.05, 0) is 44.6 Å². The minimum atomic E-state index is -0.509. The van der Waals surface area contributed by atoms with Crippen molar-refractivity contribution in [2.45, 2.75) is 20.8 Å². The second kappa shape index (κ2) is 12.3. The molecule has 0 saturated carbocycles. The normalized spacial score (nSPS) is 11.3. The highest BCUT2D eigenvalue weighted by atomic mass is 16.6. The minimum absolute atomic E-state index is 0.0254. The van der Waals surface area contributed by atoms with E-state index in [1.807, 2.05) is 93.8 Å². The molecule has 0 atom stereocenters. The zero-order chi connectivity index (χ0) is 29.8. The summed E-state index contributed by atoms with van der Waals surface area (Å²) in [5.74, 6) is -0.130. The summed E-state index contributed by atoms with van der Waals surface area (Å²) in [4.78, 5) is 37.8. The third kappa shape index (κ3) is 6.63. The molecule has 0 aliphatic heterocycles. The minimum Gasteiger partial charge on any atom is -0.462 e. The van der Waals surface area contributed by atoms with Gasteiger partial charge in [-0.1, -0.05) is 32.0 Å². The highest BCUT2D eigenvalue weighted by Gasteiger charge is 2.23. The van der Waals surface area contributed by atoms with Gasteiger partial charge in [0.2, 0.25) is 5.95 Å². The summed E-state index contributed by atoms with van der Waals surface area (Å²) in [5, 5.41) is 16.1. The summed E-state index contributed by atoms with van der Waals surface area (Å²) in [6, 6.07) is 11.1. The first kappa shape index (κ1) is 29.5. The molecule has 2 heterocycles. The van der Waals surface area contributed by atoms with E-state index in [1.54, 1.807) is 6.07 Å². The smallest absolute Gasteiger partial charge is 0.341 e. The maximum absolute atomic E-state index is 13.1. The lowest BCUT2D eigenvalue weighted by atomic mass is 10.1. The molecule has 11 heteroatoms. The molecule has 0 aliphatic carbocycles. The van der Waals surface area contributed by atoms with E-state index in [0.717, 1.165) is 28.6 Å². The number of carbonyl (C=O) groups is 1. The van der Waals surface area contributed by atoms with Gasteiger partial charge in [0, 0.05) is 62.1 Å². The molecule has 0 radical (unpaired) electrons. The van der Waals surface area contributed by atoms with Gasteiger partial charge in [-0.3, -0.25) is 10.1 Å². The Kier molecular flexibility index (Phi) is 8.87. The Morgan fingerprint density at radius 1 is 1.17 bits per heavy atom. The van der Waals surface area contributed by atoms with Crippen LogP contribution in [0.3, 0.4) is 0 Å². The van der Waals surface area contributed by atoms with Crippen molar-refractivity contribution < 1.29 is 14.5 Å². The fourth-order valence-corrected chi connectivity index (χ4v) is 4.51. The molecule has 0 amide bonds. The predicted molar refractivity (Wildman–Crippen MR) is 162 cm³/mol. The number of ether oxygens (including phenoxy) is 1. The maximum Gasteiger partial charge on any atom is 0.341 e. The van der Waals surface area contributed by atoms with E-state index < -0.39 is 5.97 Å². The number of para-hydroxylation sites is 1. The molecule has 216 valence electrons. The molecular weight excluding hydrogens is 522 g/mol. The van der Waals surface area contributed by atoms with Crippen LogP contribution in [0.15, 0.2) is 48.8 Å². The number of nitro benzene ring substituents is 1. The van der Waals surface area contributed by atoms with Crippen LogP contribution in [-0.2, 0) is 11.8 Å². The summed E-state index contributed by atoms with van der Waals surface area (Å²) in [5.41, 5.74) is 4.19. The Morgan fingerprint density at radius 2 is 1.90 bits per heavy atom. The average Bonchev–Trinajstić information content (AvgIpc) is 3.27. The second-order valence-corrected chi connectivity index (χ2v) is 10.9. The quantitative estimate of drug-likeness (QED) is 0.146. The summed E-state index contributed by atoms with van der Waals surface area (Å²) < 4.78 is 7.51. The lowest BCUT2D eigenvalue weighted by Crippen LogP contribution is -2.29. The number of aryl methyl sites for hydroxylation is 2. The number of rotatable bonds is 11. The number of hydrogen-bond acceptors (Lipinski definition) is 9. The van der Waals surface area contributed by atoms with Crippen molar-refractivity contribution in [2.75, 3.05) is 51.1 Å². The van der Waals surface area contributed by atoms with Crippen molar-refractivity contribution >= 4 is 39.9 Å². The van der Waals surface area contributed by atoms with Gasteiger partial charge < -0.3 is 24.4 Å². The molecule has 4 aromatic rings. The van der Waals surface area contributed by atoms with Crippen LogP contribution < -0.4 is 10.2 Å². The van der Waals surface area contributed by atoms with Crippen molar-refractivity contribution in [1.82, 2.24) is 19.4 Å². The monoisotopic (exact) mass is 559 g/mol. The molecule has 11 nitrogen and oxygen atoms in total. The zero-order valence-corrected chi connectivity index (χ0v) is 24.6. The van der Waals surface area contributed by atoms with Crippen LogP contribution >= 0.6 is 0 Å². The van der Waals surface area contributed by atoms with Crippen LogP contribution in [-0.4, -0.2) is 71.2 Å². The van der Waals surface area contributed by atoms with E-state index in [0.29, 0.717) is 23.6 Å². The van der Waals surface area contributed by atoms with E-state index in [9.17, 15) is 14.9 Å². The fourth-order valence-electron chi connectivity index (χ4n) is 4.51. The second-order valence-electron chi connectivity index (χ2n) is 10.9. The summed E-state index contributed by atoms with van der Waals surface area (Å²) in [6.45, 7) is 7.46. The van der Waals surface area contributed by atoms with E-state index in [-0.39, 0.29) is 34.6 Å². The number of benzene rings is 2. The highest BCUT2D eigenvalue weighted by Crippen LogP contribution is 2.36. The van der Waals surface area contributed by atoms with Gasteiger partial charge in [0.25, 0.3) is 5.69 Å². The molecule has 1 N–H and O–H groups in total. The molecular formula is C30H37N7O4. The molecule has 2 aromatic carbocycles. The average molecular weight is 560 g/mol. The molecule has 4 rings (SSSR count). The Bertz CT molecular complexity index is 1580. The molecule has 0 fully saturated rings. The number of anilines is 3. The summed E-state index contributed by atoms with van der Waals surface area (Å²) >= 11 is 0. The number of carbonyl (C=O) groups excluding carboxylic acids is 1. The Labute approximate surface area is 239 Å². The lowest BCUT2D eigenvalue weighted by Gasteiger charge is -2.22. The molecule has 0 unspecified atom stereocenters. The van der Waals surface area contributed by atoms with Crippen molar-refractivity contribution in [3.8, 4) is 11.3 Å². The first-order valence-corrected chi connectivity index (χ1v) is 13.5. The Hall–Kier alpha value is -4.51. The van der Waals surface area contributed by atoms with Crippen LogP contribution in [0.25, 0.3) is 22.2 Å². The molecule has 2 aromatic heterocycles. The molecule has 0 aliphatic rings. The van der Waals surface area contributed by atoms with Crippen LogP contribution in [0.4, 0.5) is 23.0 Å². The third-order valence-corrected chi connectivity index (χ3v) is 6.77. The SMILES string of the molecule is Cc1cc(N(C)CCN(C)C)c([N+](=O)[O-])cc1Nc1ncc(C(=O)OCC(C)C)c(-c2cn(C)c3ccccc23)n1. The van der Waals surface area contributed by atoms with Gasteiger partial charge in [0.1, 0.15) is 11.3 Å². The largest absolute Gasteiger partial charge is 0.462 e. The Balaban J connectivity index is 1.77. The number of hydrogen-bond donors (Lipinski definition) is 1. The molecule has 0 saturated heterocycles. The van der Waals surface area contributed by atoms with Crippen molar-refractivity contribution in [2.24, 2.45) is 13.0 Å². The number of likely N-dealkylation sites (N-methyl/N-ethyl adjacent to an activating group) is 2. The number of fused-ring (bicyclic) bond motifs is 1. The van der Waals surface area contributed by atoms with E-state index in [2.05, 4.69) is 10.3 Å². The number of nitrogens with one attached hydrogen (secondary N) is 1. The summed E-state index contributed by atoms with van der Waals surface area (Å²) in [6.07, 6.45) is 3.37. The van der Waals surface area contributed by atoms with E-state index in [4.69, 9.17) is 9.72 Å². The standard InChI is InChI=1S/C30H37N7O4/c1-19(2)18-41-29(38)22-16-31-30(33-28(22)23-17-36(7)25-11-9-8-10-21(23)25)32-24-15-27(37(39)40)26(14-20(24)3)35(6)13-12-34(4)5/h8-11,14-17,19H,12-13,18H2,1-7H3,(H,31,32,33). The molecule has 0 spiro atoms. The highest BCUT2D eigenvalue weighted by molar-refractivity contribution is 6.03. The number of esters is 1. The van der Waals surface area contributed by atoms with Crippen molar-refractivity contribution in [1.29, 1.82) is 0 Å². The lowest BCUT2D eigenvalue weighted by molar-refractivity contribution is -0.384.